The summed E-state index contributed by atoms with van der Waals surface area (Å²) < 4.78 is 34.3. The van der Waals surface area contributed by atoms with Gasteiger partial charge in [0.15, 0.2) is 0 Å². The Balaban J connectivity index is 1.49. The number of amides is 1. The number of hydrogen-bond donors (Lipinski definition) is 1. The number of anilines is 1. The van der Waals surface area contributed by atoms with E-state index in [1.165, 1.54) is 0 Å². The van der Waals surface area contributed by atoms with Crippen molar-refractivity contribution in [2.24, 2.45) is 0 Å². The molecule has 1 aromatic carbocycles. The average Bonchev–Trinajstić information content (AvgIpc) is 3.12. The standard InChI is InChI=1S/C19H25F2N3O2/c20-14-11-13(12-15(21)18(14)24-7-9-26-10-8-24)19(25)22-16-3-1-5-23-6-2-4-17(16)23/h11-12,16-17H,1-10H2,(H,22,25)/t16-,17+/m1/s1. The lowest BCUT2D eigenvalue weighted by Crippen LogP contribution is -2.52. The minimum absolute atomic E-state index is 0.0483. The molecule has 1 aromatic rings. The third-order valence-electron chi connectivity index (χ3n) is 5.76. The molecule has 4 rings (SSSR count). The summed E-state index contributed by atoms with van der Waals surface area (Å²) in [5, 5.41) is 3.01. The molecule has 3 aliphatic heterocycles. The quantitative estimate of drug-likeness (QED) is 0.892. The van der Waals surface area contributed by atoms with Crippen molar-refractivity contribution in [1.82, 2.24) is 10.2 Å². The zero-order valence-corrected chi connectivity index (χ0v) is 14.8. The Morgan fingerprint density at radius 2 is 1.69 bits per heavy atom. The van der Waals surface area contributed by atoms with Crippen LogP contribution < -0.4 is 10.2 Å². The molecular weight excluding hydrogens is 340 g/mol. The van der Waals surface area contributed by atoms with Crippen LogP contribution in [0, 0.1) is 11.6 Å². The Labute approximate surface area is 152 Å². The predicted octanol–water partition coefficient (Wildman–Crippen LogP) is 2.16. The van der Waals surface area contributed by atoms with Gasteiger partial charge >= 0.3 is 0 Å². The molecule has 26 heavy (non-hydrogen) atoms. The van der Waals surface area contributed by atoms with E-state index in [0.29, 0.717) is 32.3 Å². The summed E-state index contributed by atoms with van der Waals surface area (Å²) in [7, 11) is 0. The molecule has 5 nitrogen and oxygen atoms in total. The number of benzene rings is 1. The van der Waals surface area contributed by atoms with Crippen molar-refractivity contribution in [1.29, 1.82) is 0 Å². The van der Waals surface area contributed by atoms with Crippen LogP contribution in [0.2, 0.25) is 0 Å². The normalized spacial score (nSPS) is 26.6. The topological polar surface area (TPSA) is 44.8 Å². The van der Waals surface area contributed by atoms with Crippen LogP contribution in [0.4, 0.5) is 14.5 Å². The monoisotopic (exact) mass is 365 g/mol. The molecule has 0 radical (unpaired) electrons. The summed E-state index contributed by atoms with van der Waals surface area (Å²) in [6.45, 7) is 3.93. The number of nitrogens with one attached hydrogen (secondary N) is 1. The van der Waals surface area contributed by atoms with E-state index in [9.17, 15) is 13.6 Å². The smallest absolute Gasteiger partial charge is 0.251 e. The van der Waals surface area contributed by atoms with E-state index in [0.717, 1.165) is 50.9 Å². The van der Waals surface area contributed by atoms with E-state index in [2.05, 4.69) is 10.2 Å². The van der Waals surface area contributed by atoms with E-state index in [1.54, 1.807) is 4.90 Å². The minimum Gasteiger partial charge on any atom is -0.378 e. The molecule has 3 fully saturated rings. The Bertz CT molecular complexity index is 656. The molecule has 3 heterocycles. The maximum absolute atomic E-state index is 14.5. The van der Waals surface area contributed by atoms with Crippen molar-refractivity contribution in [3.05, 3.63) is 29.3 Å². The first kappa shape index (κ1) is 17.7. The summed E-state index contributed by atoms with van der Waals surface area (Å²) >= 11 is 0. The van der Waals surface area contributed by atoms with Crippen LogP contribution in [0.5, 0.6) is 0 Å². The van der Waals surface area contributed by atoms with Crippen LogP contribution in [-0.2, 0) is 4.74 Å². The van der Waals surface area contributed by atoms with E-state index >= 15 is 0 Å². The van der Waals surface area contributed by atoms with Crippen LogP contribution in [0.15, 0.2) is 12.1 Å². The number of piperidine rings is 1. The number of fused-ring (bicyclic) bond motifs is 1. The molecule has 0 spiro atoms. The van der Waals surface area contributed by atoms with Crippen LogP contribution in [0.1, 0.15) is 36.0 Å². The predicted molar refractivity (Wildman–Crippen MR) is 94.5 cm³/mol. The summed E-state index contributed by atoms with van der Waals surface area (Å²) in [4.78, 5) is 16.6. The molecule has 142 valence electrons. The number of nitrogens with zero attached hydrogens (tertiary/aromatic N) is 2. The van der Waals surface area contributed by atoms with Gasteiger partial charge in [-0.3, -0.25) is 9.69 Å². The van der Waals surface area contributed by atoms with E-state index in [4.69, 9.17) is 4.74 Å². The molecule has 3 saturated heterocycles. The second-order valence-electron chi connectivity index (χ2n) is 7.36. The molecule has 1 N–H and O–H groups in total. The SMILES string of the molecule is O=C(N[C@@H]1CCCN2CCC[C@@H]12)c1cc(F)c(N2CCOCC2)c(F)c1. The highest BCUT2D eigenvalue weighted by Gasteiger charge is 2.35. The number of rotatable bonds is 3. The summed E-state index contributed by atoms with van der Waals surface area (Å²) in [5.41, 5.74) is -0.0170. The van der Waals surface area contributed by atoms with Gasteiger partial charge in [0.2, 0.25) is 0 Å². The van der Waals surface area contributed by atoms with Gasteiger partial charge < -0.3 is 15.0 Å². The fourth-order valence-corrected chi connectivity index (χ4v) is 4.50. The van der Waals surface area contributed by atoms with E-state index < -0.39 is 17.5 Å². The highest BCUT2D eigenvalue weighted by Crippen LogP contribution is 2.28. The molecule has 0 unspecified atom stereocenters. The first-order valence-electron chi connectivity index (χ1n) is 9.50. The van der Waals surface area contributed by atoms with Gasteiger partial charge in [-0.25, -0.2) is 8.78 Å². The summed E-state index contributed by atoms with van der Waals surface area (Å²) in [6, 6.07) is 2.72. The first-order valence-corrected chi connectivity index (χ1v) is 9.50. The van der Waals surface area contributed by atoms with Gasteiger partial charge in [0, 0.05) is 30.7 Å². The first-order chi connectivity index (χ1) is 12.6. The maximum Gasteiger partial charge on any atom is 0.251 e. The molecule has 1 amide bonds. The molecule has 7 heteroatoms. The van der Waals surface area contributed by atoms with Gasteiger partial charge in [-0.1, -0.05) is 0 Å². The van der Waals surface area contributed by atoms with Gasteiger partial charge in [-0.05, 0) is 50.9 Å². The summed E-state index contributed by atoms with van der Waals surface area (Å²) in [5.74, 6) is -1.78. The Kier molecular flexibility index (Phi) is 5.09. The minimum atomic E-state index is -0.691. The summed E-state index contributed by atoms with van der Waals surface area (Å²) in [6.07, 6.45) is 4.18. The third kappa shape index (κ3) is 3.42. The van der Waals surface area contributed by atoms with Crippen molar-refractivity contribution in [3.63, 3.8) is 0 Å². The third-order valence-corrected chi connectivity index (χ3v) is 5.76. The lowest BCUT2D eigenvalue weighted by Gasteiger charge is -2.37. The number of halogens is 2. The second-order valence-corrected chi connectivity index (χ2v) is 7.36. The Morgan fingerprint density at radius 1 is 1.04 bits per heavy atom. The molecule has 0 aliphatic carbocycles. The molecule has 0 bridgehead atoms. The van der Waals surface area contributed by atoms with Crippen LogP contribution in [-0.4, -0.2) is 62.3 Å². The highest BCUT2D eigenvalue weighted by molar-refractivity contribution is 5.95. The number of hydrogen-bond acceptors (Lipinski definition) is 4. The zero-order chi connectivity index (χ0) is 18.1. The van der Waals surface area contributed by atoms with Crippen molar-refractivity contribution in [3.8, 4) is 0 Å². The van der Waals surface area contributed by atoms with Gasteiger partial charge in [0.1, 0.15) is 17.3 Å². The molecule has 2 atom stereocenters. The van der Waals surface area contributed by atoms with E-state index in [1.807, 2.05) is 0 Å². The highest BCUT2D eigenvalue weighted by atomic mass is 19.1. The van der Waals surface area contributed by atoms with Gasteiger partial charge in [-0.15, -0.1) is 0 Å². The van der Waals surface area contributed by atoms with Crippen molar-refractivity contribution in [2.75, 3.05) is 44.3 Å². The van der Waals surface area contributed by atoms with Crippen LogP contribution in [0.25, 0.3) is 0 Å². The molecule has 0 aromatic heterocycles. The number of morpholine rings is 1. The molecule has 0 saturated carbocycles. The van der Waals surface area contributed by atoms with Gasteiger partial charge in [0.05, 0.1) is 13.2 Å². The molecular formula is C19H25F2N3O2. The van der Waals surface area contributed by atoms with Gasteiger partial charge in [-0.2, -0.15) is 0 Å². The number of ether oxygens (including phenoxy) is 1. The lowest BCUT2D eigenvalue weighted by molar-refractivity contribution is 0.0867. The molecule has 3 aliphatic rings. The number of carbonyl (C=O) groups is 1. The fourth-order valence-electron chi connectivity index (χ4n) is 4.50. The van der Waals surface area contributed by atoms with Gasteiger partial charge in [0.25, 0.3) is 5.91 Å². The van der Waals surface area contributed by atoms with Crippen LogP contribution in [0.3, 0.4) is 0 Å². The largest absolute Gasteiger partial charge is 0.378 e. The second kappa shape index (κ2) is 7.48. The Morgan fingerprint density at radius 3 is 2.38 bits per heavy atom. The maximum atomic E-state index is 14.5. The number of carbonyl (C=O) groups excluding carboxylic acids is 1. The van der Waals surface area contributed by atoms with Crippen molar-refractivity contribution < 1.29 is 18.3 Å². The average molecular weight is 365 g/mol. The van der Waals surface area contributed by atoms with Crippen LogP contribution >= 0.6 is 0 Å². The van der Waals surface area contributed by atoms with Crippen molar-refractivity contribution in [2.45, 2.75) is 37.8 Å². The zero-order valence-electron chi connectivity index (χ0n) is 14.8. The fraction of sp³-hybridized carbons (Fsp3) is 0.632. The Hall–Kier alpha value is -1.73. The van der Waals surface area contributed by atoms with Crippen molar-refractivity contribution >= 4 is 11.6 Å². The van der Waals surface area contributed by atoms with E-state index in [-0.39, 0.29) is 17.3 Å². The lowest BCUT2D eigenvalue weighted by atomic mass is 9.96.